The third-order valence-corrected chi connectivity index (χ3v) is 7.93. The van der Waals surface area contributed by atoms with Gasteiger partial charge in [0.1, 0.15) is 11.4 Å². The zero-order valence-corrected chi connectivity index (χ0v) is 17.7. The number of carbonyl (C=O) groups excluding carboxylic acids is 1. The number of benzene rings is 2. The number of fused-ring (bicyclic) bond motifs is 2. The van der Waals surface area contributed by atoms with Crippen LogP contribution in [0.3, 0.4) is 0 Å². The molecular weight excluding hydrogens is 382 g/mol. The molecule has 4 unspecified atom stereocenters. The van der Waals surface area contributed by atoms with Crippen molar-refractivity contribution >= 4 is 5.78 Å². The summed E-state index contributed by atoms with van der Waals surface area (Å²) in [5.41, 5.74) is 2.56. The molecular formula is C27H27N3O. The third kappa shape index (κ3) is 3.20. The van der Waals surface area contributed by atoms with Gasteiger partial charge in [0.2, 0.25) is 5.78 Å². The SMILES string of the molecule is O=C(c1ccccc1)c1nc(C23CC4CCCC(C2)C(C4)C3)nnc1-c1ccccc1. The lowest BCUT2D eigenvalue weighted by Crippen LogP contribution is -2.34. The van der Waals surface area contributed by atoms with E-state index in [0.717, 1.165) is 35.6 Å². The van der Waals surface area contributed by atoms with Crippen LogP contribution in [0.5, 0.6) is 0 Å². The molecule has 3 saturated carbocycles. The highest BCUT2D eigenvalue weighted by Crippen LogP contribution is 2.60. The minimum Gasteiger partial charge on any atom is -0.287 e. The fourth-order valence-electron chi connectivity index (χ4n) is 6.65. The van der Waals surface area contributed by atoms with Crippen molar-refractivity contribution in [3.05, 3.63) is 77.7 Å². The Balaban J connectivity index is 1.47. The minimum absolute atomic E-state index is 0.00655. The van der Waals surface area contributed by atoms with Gasteiger partial charge in [-0.25, -0.2) is 4.98 Å². The molecule has 31 heavy (non-hydrogen) atoms. The Morgan fingerprint density at radius 2 is 1.58 bits per heavy atom. The summed E-state index contributed by atoms with van der Waals surface area (Å²) in [6, 6.07) is 19.3. The van der Waals surface area contributed by atoms with Crippen molar-refractivity contribution in [3.8, 4) is 11.3 Å². The predicted molar refractivity (Wildman–Crippen MR) is 120 cm³/mol. The van der Waals surface area contributed by atoms with Crippen LogP contribution >= 0.6 is 0 Å². The van der Waals surface area contributed by atoms with Crippen molar-refractivity contribution in [2.45, 2.75) is 50.4 Å². The maximum absolute atomic E-state index is 13.5. The van der Waals surface area contributed by atoms with Crippen molar-refractivity contribution in [3.63, 3.8) is 0 Å². The molecule has 1 aromatic heterocycles. The van der Waals surface area contributed by atoms with Crippen molar-refractivity contribution < 1.29 is 4.79 Å². The van der Waals surface area contributed by atoms with Crippen molar-refractivity contribution in [1.29, 1.82) is 0 Å². The van der Waals surface area contributed by atoms with Gasteiger partial charge in [-0.3, -0.25) is 4.79 Å². The maximum atomic E-state index is 13.5. The molecule has 0 amide bonds. The van der Waals surface area contributed by atoms with E-state index in [2.05, 4.69) is 5.10 Å². The first kappa shape index (κ1) is 18.9. The molecule has 3 aliphatic rings. The molecule has 3 bridgehead atoms. The van der Waals surface area contributed by atoms with Gasteiger partial charge in [0.15, 0.2) is 5.82 Å². The van der Waals surface area contributed by atoms with Crippen LogP contribution in [0.25, 0.3) is 11.3 Å². The molecule has 4 atom stereocenters. The molecule has 3 aliphatic carbocycles. The molecule has 0 radical (unpaired) electrons. The third-order valence-electron chi connectivity index (χ3n) is 7.93. The van der Waals surface area contributed by atoms with Crippen LogP contribution in [0.4, 0.5) is 0 Å². The summed E-state index contributed by atoms with van der Waals surface area (Å²) in [4.78, 5) is 18.6. The lowest BCUT2D eigenvalue weighted by atomic mass is 9.69. The number of hydrogen-bond acceptors (Lipinski definition) is 4. The summed E-state index contributed by atoms with van der Waals surface area (Å²) < 4.78 is 0. The molecule has 0 saturated heterocycles. The molecule has 1 heterocycles. The standard InChI is InChI=1S/C27H27N3O/c31-25(20-11-5-2-6-12-20)24-23(19-9-3-1-4-10-19)29-30-26(28-24)27-15-18-8-7-13-21(16-27)22(14-18)17-27/h1-6,9-12,18,21-22H,7-8,13-17H2. The van der Waals surface area contributed by atoms with Gasteiger partial charge in [0.25, 0.3) is 0 Å². The van der Waals surface area contributed by atoms with Gasteiger partial charge in [-0.05, 0) is 43.4 Å². The molecule has 6 rings (SSSR count). The topological polar surface area (TPSA) is 55.7 Å². The smallest absolute Gasteiger partial charge is 0.213 e. The average Bonchev–Trinajstić information content (AvgIpc) is 3.00. The summed E-state index contributed by atoms with van der Waals surface area (Å²) in [7, 11) is 0. The van der Waals surface area contributed by atoms with Crippen molar-refractivity contribution in [1.82, 2.24) is 15.2 Å². The lowest BCUT2D eigenvalue weighted by Gasteiger charge is -2.36. The quantitative estimate of drug-likeness (QED) is 0.524. The maximum Gasteiger partial charge on any atom is 0.213 e. The van der Waals surface area contributed by atoms with Gasteiger partial charge >= 0.3 is 0 Å². The van der Waals surface area contributed by atoms with Gasteiger partial charge in [-0.2, -0.15) is 0 Å². The second-order valence-electron chi connectivity index (χ2n) is 9.84. The Kier molecular flexibility index (Phi) is 4.48. The number of aromatic nitrogens is 3. The second-order valence-corrected chi connectivity index (χ2v) is 9.84. The van der Waals surface area contributed by atoms with Gasteiger partial charge < -0.3 is 0 Å². The highest BCUT2D eigenvalue weighted by Gasteiger charge is 2.54. The first-order chi connectivity index (χ1) is 15.2. The van der Waals surface area contributed by atoms with Crippen LogP contribution in [0.15, 0.2) is 60.7 Å². The summed E-state index contributed by atoms with van der Waals surface area (Å²) in [5.74, 6) is 3.10. The van der Waals surface area contributed by atoms with Gasteiger partial charge in [-0.15, -0.1) is 10.2 Å². The highest BCUT2D eigenvalue weighted by molar-refractivity contribution is 6.10. The van der Waals surface area contributed by atoms with Gasteiger partial charge in [-0.1, -0.05) is 79.9 Å². The van der Waals surface area contributed by atoms with E-state index in [1.807, 2.05) is 60.7 Å². The minimum atomic E-state index is -0.0717. The van der Waals surface area contributed by atoms with E-state index in [1.54, 1.807) is 0 Å². The number of carbonyl (C=O) groups is 1. The molecule has 156 valence electrons. The summed E-state index contributed by atoms with van der Waals surface area (Å²) in [6.45, 7) is 0. The lowest BCUT2D eigenvalue weighted by molar-refractivity contribution is 0.103. The van der Waals surface area contributed by atoms with E-state index in [0.29, 0.717) is 17.0 Å². The molecule has 3 aromatic rings. The Labute approximate surface area is 183 Å². The summed E-state index contributed by atoms with van der Waals surface area (Å²) in [5, 5.41) is 9.34. The molecule has 0 aliphatic heterocycles. The van der Waals surface area contributed by atoms with Gasteiger partial charge in [0.05, 0.1) is 0 Å². The van der Waals surface area contributed by atoms with Crippen molar-refractivity contribution in [2.75, 3.05) is 0 Å². The Hall–Kier alpha value is -2.88. The largest absolute Gasteiger partial charge is 0.287 e. The zero-order valence-electron chi connectivity index (χ0n) is 17.7. The molecule has 4 heteroatoms. The molecule has 3 fully saturated rings. The molecule has 2 aromatic carbocycles. The van der Waals surface area contributed by atoms with E-state index >= 15 is 0 Å². The normalized spacial score (nSPS) is 29.0. The molecule has 0 spiro atoms. The van der Waals surface area contributed by atoms with Crippen LogP contribution in [0, 0.1) is 17.8 Å². The first-order valence-corrected chi connectivity index (χ1v) is 11.6. The van der Waals surface area contributed by atoms with Crippen LogP contribution in [-0.4, -0.2) is 21.0 Å². The first-order valence-electron chi connectivity index (χ1n) is 11.6. The average molecular weight is 410 g/mol. The predicted octanol–water partition coefficient (Wildman–Crippen LogP) is 5.63. The van der Waals surface area contributed by atoms with E-state index < -0.39 is 0 Å². The van der Waals surface area contributed by atoms with E-state index in [-0.39, 0.29) is 11.2 Å². The number of hydrogen-bond donors (Lipinski definition) is 0. The Morgan fingerprint density at radius 3 is 2.39 bits per heavy atom. The van der Waals surface area contributed by atoms with Crippen LogP contribution in [-0.2, 0) is 5.41 Å². The number of ketones is 1. The Bertz CT molecular complexity index is 1110. The van der Waals surface area contributed by atoms with Crippen molar-refractivity contribution in [2.24, 2.45) is 17.8 Å². The monoisotopic (exact) mass is 409 g/mol. The van der Waals surface area contributed by atoms with E-state index in [1.165, 1.54) is 38.5 Å². The van der Waals surface area contributed by atoms with Crippen LogP contribution in [0.2, 0.25) is 0 Å². The molecule has 0 N–H and O–H groups in total. The fraction of sp³-hybridized carbons (Fsp3) is 0.407. The fourth-order valence-corrected chi connectivity index (χ4v) is 6.65. The number of nitrogens with zero attached hydrogens (tertiary/aromatic N) is 3. The second kappa shape index (κ2) is 7.37. The zero-order chi connectivity index (χ0) is 20.8. The van der Waals surface area contributed by atoms with E-state index in [9.17, 15) is 4.79 Å². The molecule has 4 nitrogen and oxygen atoms in total. The van der Waals surface area contributed by atoms with Crippen LogP contribution < -0.4 is 0 Å². The summed E-state index contributed by atoms with van der Waals surface area (Å²) in [6.07, 6.45) is 8.90. The van der Waals surface area contributed by atoms with E-state index in [4.69, 9.17) is 10.1 Å². The van der Waals surface area contributed by atoms with Gasteiger partial charge in [0, 0.05) is 16.5 Å². The summed E-state index contributed by atoms with van der Waals surface area (Å²) >= 11 is 0. The highest BCUT2D eigenvalue weighted by atomic mass is 16.1. The number of rotatable bonds is 4. The van der Waals surface area contributed by atoms with Crippen LogP contribution in [0.1, 0.15) is 66.8 Å². The Morgan fingerprint density at radius 1 is 0.839 bits per heavy atom.